The van der Waals surface area contributed by atoms with Gasteiger partial charge < -0.3 is 4.74 Å². The van der Waals surface area contributed by atoms with Crippen LogP contribution >= 0.6 is 0 Å². The van der Waals surface area contributed by atoms with Crippen LogP contribution in [0.1, 0.15) is 11.4 Å². The Balaban J connectivity index is 1.83. The van der Waals surface area contributed by atoms with E-state index in [1.807, 2.05) is 42.5 Å². The second kappa shape index (κ2) is 7.19. The van der Waals surface area contributed by atoms with Crippen molar-refractivity contribution in [1.29, 1.82) is 0 Å². The van der Waals surface area contributed by atoms with Crippen molar-refractivity contribution in [2.75, 3.05) is 0 Å². The third-order valence-corrected chi connectivity index (χ3v) is 3.99. The number of rotatable bonds is 4. The molecule has 0 aliphatic carbocycles. The Hall–Kier alpha value is -3.61. The summed E-state index contributed by atoms with van der Waals surface area (Å²) in [6.45, 7) is 0. The summed E-state index contributed by atoms with van der Waals surface area (Å²) in [5.41, 5.74) is 1.98. The number of benzene rings is 2. The minimum atomic E-state index is -4.76. The summed E-state index contributed by atoms with van der Waals surface area (Å²) in [5, 5.41) is 0. The summed E-state index contributed by atoms with van der Waals surface area (Å²) in [4.78, 5) is 8.83. The van der Waals surface area contributed by atoms with Crippen LogP contribution in [-0.2, 0) is 0 Å². The third kappa shape index (κ3) is 3.88. The molecule has 0 bridgehead atoms. The maximum atomic E-state index is 12.5. The van der Waals surface area contributed by atoms with Gasteiger partial charge in [0.25, 0.3) is 0 Å². The molecule has 4 aromatic rings. The first kappa shape index (κ1) is 17.8. The maximum Gasteiger partial charge on any atom is 0.573 e. The van der Waals surface area contributed by atoms with E-state index < -0.39 is 6.36 Å². The Labute approximate surface area is 158 Å². The van der Waals surface area contributed by atoms with Gasteiger partial charge in [0.15, 0.2) is 0 Å². The van der Waals surface area contributed by atoms with Crippen LogP contribution in [0, 0.1) is 0 Å². The van der Waals surface area contributed by atoms with E-state index in [-0.39, 0.29) is 5.75 Å². The molecule has 2 aromatic carbocycles. The highest BCUT2D eigenvalue weighted by Crippen LogP contribution is 2.28. The predicted octanol–water partition coefficient (Wildman–Crippen LogP) is 5.49. The molecule has 28 heavy (non-hydrogen) atoms. The van der Waals surface area contributed by atoms with E-state index >= 15 is 0 Å². The number of hydrogen-bond donors (Lipinski definition) is 0. The van der Waals surface area contributed by atoms with Crippen LogP contribution < -0.4 is 4.74 Å². The van der Waals surface area contributed by atoms with Crippen LogP contribution in [0.25, 0.3) is 29.0 Å². The molecular weight excluding hydrogens is 367 g/mol. The van der Waals surface area contributed by atoms with E-state index in [0.29, 0.717) is 22.7 Å². The molecule has 2 heterocycles. The van der Waals surface area contributed by atoms with E-state index in [9.17, 15) is 13.2 Å². The highest BCUT2D eigenvalue weighted by Gasteiger charge is 2.31. The van der Waals surface area contributed by atoms with Gasteiger partial charge in [-0.25, -0.2) is 9.97 Å². The predicted molar refractivity (Wildman–Crippen MR) is 101 cm³/mol. The molecule has 0 saturated carbocycles. The molecule has 0 unspecified atom stereocenters. The summed E-state index contributed by atoms with van der Waals surface area (Å²) in [7, 11) is 0. The fraction of sp³-hybridized carbons (Fsp3) is 0.0476. The largest absolute Gasteiger partial charge is 0.573 e. The number of ether oxygens (including phenoxy) is 1. The van der Waals surface area contributed by atoms with Crippen molar-refractivity contribution in [2.24, 2.45) is 0 Å². The standard InChI is InChI=1S/C21H14F3N3O/c22-21(23,24)28-16-10-11-18-17(14-16)26-20(12-9-15-6-2-1-3-7-15)27(18)19-8-4-5-13-25-19/h1-14H. The molecule has 0 aliphatic rings. The summed E-state index contributed by atoms with van der Waals surface area (Å²) in [6, 6.07) is 19.1. The first-order chi connectivity index (χ1) is 13.5. The van der Waals surface area contributed by atoms with E-state index in [0.717, 1.165) is 5.56 Å². The first-order valence-corrected chi connectivity index (χ1v) is 8.42. The molecule has 0 saturated heterocycles. The van der Waals surface area contributed by atoms with Crippen LogP contribution in [-0.4, -0.2) is 20.9 Å². The SMILES string of the molecule is FC(F)(F)Oc1ccc2c(c1)nc(C=Cc1ccccc1)n2-c1ccccn1. The van der Waals surface area contributed by atoms with Crippen molar-refractivity contribution in [2.45, 2.75) is 6.36 Å². The lowest BCUT2D eigenvalue weighted by molar-refractivity contribution is -0.274. The van der Waals surface area contributed by atoms with Crippen LogP contribution in [0.15, 0.2) is 72.9 Å². The number of fused-ring (bicyclic) bond motifs is 1. The molecule has 4 nitrogen and oxygen atoms in total. The highest BCUT2D eigenvalue weighted by molar-refractivity contribution is 5.83. The quantitative estimate of drug-likeness (QED) is 0.469. The monoisotopic (exact) mass is 381 g/mol. The lowest BCUT2D eigenvalue weighted by Gasteiger charge is -2.09. The van der Waals surface area contributed by atoms with Gasteiger partial charge in [0.1, 0.15) is 17.4 Å². The van der Waals surface area contributed by atoms with Gasteiger partial charge in [-0.2, -0.15) is 0 Å². The van der Waals surface area contributed by atoms with Gasteiger partial charge in [0.05, 0.1) is 11.0 Å². The summed E-state index contributed by atoms with van der Waals surface area (Å²) >= 11 is 0. The van der Waals surface area contributed by atoms with E-state index in [4.69, 9.17) is 0 Å². The van der Waals surface area contributed by atoms with Gasteiger partial charge >= 0.3 is 6.36 Å². The average molecular weight is 381 g/mol. The number of imidazole rings is 1. The van der Waals surface area contributed by atoms with E-state index in [1.165, 1.54) is 18.2 Å². The zero-order chi connectivity index (χ0) is 19.6. The zero-order valence-corrected chi connectivity index (χ0v) is 14.5. The maximum absolute atomic E-state index is 12.5. The average Bonchev–Trinajstić information content (AvgIpc) is 3.04. The Kier molecular flexibility index (Phi) is 4.57. The van der Waals surface area contributed by atoms with Crippen molar-refractivity contribution < 1.29 is 17.9 Å². The first-order valence-electron chi connectivity index (χ1n) is 8.42. The molecule has 0 fully saturated rings. The minimum Gasteiger partial charge on any atom is -0.406 e. The molecule has 0 atom stereocenters. The van der Waals surface area contributed by atoms with Crippen LogP contribution in [0.4, 0.5) is 13.2 Å². The topological polar surface area (TPSA) is 39.9 Å². The molecule has 0 spiro atoms. The summed E-state index contributed by atoms with van der Waals surface area (Å²) < 4.78 is 43.4. The summed E-state index contributed by atoms with van der Waals surface area (Å²) in [5.74, 6) is 0.841. The number of nitrogens with zero attached hydrogens (tertiary/aromatic N) is 3. The Morgan fingerprint density at radius 2 is 1.68 bits per heavy atom. The van der Waals surface area contributed by atoms with Crippen molar-refractivity contribution in [3.05, 3.63) is 84.3 Å². The second-order valence-electron chi connectivity index (χ2n) is 5.94. The van der Waals surface area contributed by atoms with Gasteiger partial charge in [-0.1, -0.05) is 42.5 Å². The van der Waals surface area contributed by atoms with Crippen molar-refractivity contribution >= 4 is 23.2 Å². The Morgan fingerprint density at radius 3 is 2.39 bits per heavy atom. The third-order valence-electron chi connectivity index (χ3n) is 3.99. The molecule has 2 aromatic heterocycles. The fourth-order valence-corrected chi connectivity index (χ4v) is 2.85. The zero-order valence-electron chi connectivity index (χ0n) is 14.5. The van der Waals surface area contributed by atoms with Gasteiger partial charge in [-0.05, 0) is 35.9 Å². The summed E-state index contributed by atoms with van der Waals surface area (Å²) in [6.07, 6.45) is 0.572. The van der Waals surface area contributed by atoms with Crippen LogP contribution in [0.2, 0.25) is 0 Å². The fourth-order valence-electron chi connectivity index (χ4n) is 2.85. The number of pyridine rings is 1. The van der Waals surface area contributed by atoms with Crippen molar-refractivity contribution in [1.82, 2.24) is 14.5 Å². The molecule has 0 N–H and O–H groups in total. The van der Waals surface area contributed by atoms with Gasteiger partial charge in [-0.3, -0.25) is 4.57 Å². The number of hydrogen-bond acceptors (Lipinski definition) is 3. The molecule has 4 rings (SSSR count). The molecular formula is C21H14F3N3O. The molecule has 0 aliphatic heterocycles. The van der Waals surface area contributed by atoms with Gasteiger partial charge in [-0.15, -0.1) is 13.2 Å². The minimum absolute atomic E-state index is 0.316. The molecule has 7 heteroatoms. The highest BCUT2D eigenvalue weighted by atomic mass is 19.4. The lowest BCUT2D eigenvalue weighted by Crippen LogP contribution is -2.17. The van der Waals surface area contributed by atoms with Crippen molar-refractivity contribution in [3.63, 3.8) is 0 Å². The number of alkyl halides is 3. The molecule has 0 radical (unpaired) electrons. The Bertz CT molecular complexity index is 1120. The van der Waals surface area contributed by atoms with Crippen LogP contribution in [0.3, 0.4) is 0 Å². The number of aromatic nitrogens is 3. The van der Waals surface area contributed by atoms with Crippen LogP contribution in [0.5, 0.6) is 5.75 Å². The van der Waals surface area contributed by atoms with E-state index in [2.05, 4.69) is 14.7 Å². The van der Waals surface area contributed by atoms with Crippen molar-refractivity contribution in [3.8, 4) is 11.6 Å². The van der Waals surface area contributed by atoms with E-state index in [1.54, 1.807) is 29.0 Å². The van der Waals surface area contributed by atoms with Gasteiger partial charge in [0.2, 0.25) is 0 Å². The molecule has 140 valence electrons. The second-order valence-corrected chi connectivity index (χ2v) is 5.94. The normalized spacial score (nSPS) is 12.0. The molecule has 0 amide bonds. The lowest BCUT2D eigenvalue weighted by atomic mass is 10.2. The Morgan fingerprint density at radius 1 is 0.893 bits per heavy atom. The van der Waals surface area contributed by atoms with Gasteiger partial charge in [0, 0.05) is 12.3 Å². The smallest absolute Gasteiger partial charge is 0.406 e. The number of halogens is 3.